The van der Waals surface area contributed by atoms with E-state index in [1.807, 2.05) is 19.1 Å². The van der Waals surface area contributed by atoms with Gasteiger partial charge in [-0.25, -0.2) is 0 Å². The summed E-state index contributed by atoms with van der Waals surface area (Å²) < 4.78 is 6.49. The molecule has 1 aromatic carbocycles. The van der Waals surface area contributed by atoms with Crippen LogP contribution in [0.3, 0.4) is 0 Å². The normalized spacial score (nSPS) is 30.2. The van der Waals surface area contributed by atoms with Gasteiger partial charge in [0.25, 0.3) is 5.91 Å². The summed E-state index contributed by atoms with van der Waals surface area (Å²) in [6.45, 7) is 4.05. The molecule has 8 nitrogen and oxygen atoms in total. The molecule has 0 bridgehead atoms. The van der Waals surface area contributed by atoms with Crippen LogP contribution in [0.2, 0.25) is 0 Å². The molecule has 1 saturated carbocycles. The third-order valence-electron chi connectivity index (χ3n) is 7.79. The predicted molar refractivity (Wildman–Crippen MR) is 121 cm³/mol. The van der Waals surface area contributed by atoms with Crippen LogP contribution in [0.5, 0.6) is 5.75 Å². The van der Waals surface area contributed by atoms with Crippen LogP contribution in [0.15, 0.2) is 18.2 Å². The van der Waals surface area contributed by atoms with Crippen molar-refractivity contribution in [2.45, 2.75) is 88.6 Å². The number of fused-ring (bicyclic) bond motifs is 1. The number of rotatable bonds is 4. The molecule has 3 heterocycles. The van der Waals surface area contributed by atoms with Gasteiger partial charge in [-0.3, -0.25) is 24.6 Å². The highest BCUT2D eigenvalue weighted by atomic mass is 16.5. The largest absolute Gasteiger partial charge is 0.489 e. The minimum atomic E-state index is -0.606. The molecule has 8 heteroatoms. The van der Waals surface area contributed by atoms with Crippen molar-refractivity contribution in [3.63, 3.8) is 0 Å². The van der Waals surface area contributed by atoms with Crippen LogP contribution in [0, 0.1) is 0 Å². The quantitative estimate of drug-likeness (QED) is 0.674. The highest BCUT2D eigenvalue weighted by Crippen LogP contribution is 2.34. The molecule has 2 N–H and O–H groups in total. The number of carbonyl (C=O) groups is 3. The number of aliphatic hydroxyl groups is 1. The van der Waals surface area contributed by atoms with Crippen LogP contribution >= 0.6 is 0 Å². The first kappa shape index (κ1) is 22.3. The van der Waals surface area contributed by atoms with Gasteiger partial charge in [0.15, 0.2) is 0 Å². The molecule has 178 valence electrons. The Kier molecular flexibility index (Phi) is 5.91. The fourth-order valence-electron chi connectivity index (χ4n) is 5.77. The third kappa shape index (κ3) is 4.51. The van der Waals surface area contributed by atoms with Gasteiger partial charge in [-0.2, -0.15) is 0 Å². The van der Waals surface area contributed by atoms with Gasteiger partial charge in [-0.1, -0.05) is 6.42 Å². The van der Waals surface area contributed by atoms with Crippen LogP contribution in [-0.4, -0.2) is 69.5 Å². The van der Waals surface area contributed by atoms with E-state index in [9.17, 15) is 19.5 Å². The summed E-state index contributed by atoms with van der Waals surface area (Å²) in [5.41, 5.74) is 0.900. The fourth-order valence-corrected chi connectivity index (χ4v) is 5.77. The molecule has 3 amide bonds. The second-order valence-corrected chi connectivity index (χ2v) is 10.3. The third-order valence-corrected chi connectivity index (χ3v) is 7.79. The number of hydrogen-bond acceptors (Lipinski definition) is 6. The molecular weight excluding hydrogens is 422 g/mol. The Morgan fingerprint density at radius 3 is 2.61 bits per heavy atom. The number of amides is 3. The van der Waals surface area contributed by atoms with Gasteiger partial charge >= 0.3 is 0 Å². The van der Waals surface area contributed by atoms with E-state index in [0.717, 1.165) is 56.5 Å². The molecule has 0 spiro atoms. The Morgan fingerprint density at radius 1 is 1.09 bits per heavy atom. The van der Waals surface area contributed by atoms with Crippen molar-refractivity contribution in [2.75, 3.05) is 13.1 Å². The summed E-state index contributed by atoms with van der Waals surface area (Å²) in [4.78, 5) is 40.7. The first-order valence-electron chi connectivity index (χ1n) is 12.2. The van der Waals surface area contributed by atoms with E-state index >= 15 is 0 Å². The fraction of sp³-hybridized carbons (Fsp3) is 0.640. The summed E-state index contributed by atoms with van der Waals surface area (Å²) in [6, 6.07) is 5.33. The molecule has 5 rings (SSSR count). The first-order chi connectivity index (χ1) is 15.8. The van der Waals surface area contributed by atoms with Crippen molar-refractivity contribution < 1.29 is 24.2 Å². The predicted octanol–water partition coefficient (Wildman–Crippen LogP) is 1.98. The van der Waals surface area contributed by atoms with Crippen molar-refractivity contribution in [3.8, 4) is 5.75 Å². The smallest absolute Gasteiger partial charge is 0.255 e. The lowest BCUT2D eigenvalue weighted by atomic mass is 9.87. The Balaban J connectivity index is 1.28. The molecule has 3 atom stereocenters. The van der Waals surface area contributed by atoms with E-state index in [1.165, 1.54) is 6.42 Å². The lowest BCUT2D eigenvalue weighted by molar-refractivity contribution is -0.136. The molecule has 3 aliphatic heterocycles. The maximum atomic E-state index is 12.9. The van der Waals surface area contributed by atoms with Gasteiger partial charge in [-0.05, 0) is 69.2 Å². The molecule has 33 heavy (non-hydrogen) atoms. The molecule has 1 aromatic rings. The van der Waals surface area contributed by atoms with Gasteiger partial charge < -0.3 is 14.7 Å². The number of ether oxygens (including phenoxy) is 1. The van der Waals surface area contributed by atoms with Crippen molar-refractivity contribution in [1.29, 1.82) is 0 Å². The van der Waals surface area contributed by atoms with Crippen LogP contribution in [-0.2, 0) is 16.1 Å². The Bertz CT molecular complexity index is 951. The summed E-state index contributed by atoms with van der Waals surface area (Å²) in [5, 5.41) is 12.7. The van der Waals surface area contributed by atoms with Crippen molar-refractivity contribution in [2.24, 2.45) is 0 Å². The second-order valence-electron chi connectivity index (χ2n) is 10.3. The highest BCUT2D eigenvalue weighted by Gasteiger charge is 2.40. The zero-order valence-electron chi connectivity index (χ0n) is 19.2. The minimum absolute atomic E-state index is 0.0863. The van der Waals surface area contributed by atoms with Crippen molar-refractivity contribution >= 4 is 17.7 Å². The van der Waals surface area contributed by atoms with Gasteiger partial charge in [0, 0.05) is 37.7 Å². The van der Waals surface area contributed by atoms with Crippen molar-refractivity contribution in [1.82, 2.24) is 15.1 Å². The SMILES string of the molecule is CC1(O)CCN([C@H]2CCCC[C@@H]2Oc2ccc3c(c2)CN(C2CCC(=O)NC2=O)C3=O)CC1. The number of imide groups is 1. The van der Waals surface area contributed by atoms with Crippen LogP contribution in [0.4, 0.5) is 0 Å². The van der Waals surface area contributed by atoms with E-state index in [2.05, 4.69) is 10.2 Å². The number of nitrogens with one attached hydrogen (secondary N) is 1. The van der Waals surface area contributed by atoms with E-state index in [1.54, 1.807) is 11.0 Å². The van der Waals surface area contributed by atoms with Crippen molar-refractivity contribution in [3.05, 3.63) is 29.3 Å². The zero-order valence-corrected chi connectivity index (χ0v) is 19.2. The molecule has 2 saturated heterocycles. The minimum Gasteiger partial charge on any atom is -0.489 e. The molecule has 3 fully saturated rings. The molecule has 1 aliphatic carbocycles. The Hall–Kier alpha value is -2.45. The maximum absolute atomic E-state index is 12.9. The number of piperidine rings is 2. The number of nitrogens with zero attached hydrogens (tertiary/aromatic N) is 2. The average Bonchev–Trinajstić information content (AvgIpc) is 3.10. The molecule has 4 aliphatic rings. The van der Waals surface area contributed by atoms with Crippen LogP contribution < -0.4 is 10.1 Å². The van der Waals surface area contributed by atoms with Crippen LogP contribution in [0.1, 0.15) is 74.2 Å². The highest BCUT2D eigenvalue weighted by molar-refractivity contribution is 6.05. The number of hydrogen-bond donors (Lipinski definition) is 2. The van der Waals surface area contributed by atoms with Gasteiger partial charge in [0.05, 0.1) is 5.60 Å². The average molecular weight is 456 g/mol. The van der Waals surface area contributed by atoms with E-state index in [-0.39, 0.29) is 24.3 Å². The second kappa shape index (κ2) is 8.72. The lowest BCUT2D eigenvalue weighted by Crippen LogP contribution is -2.53. The molecule has 0 radical (unpaired) electrons. The number of carbonyl (C=O) groups excluding carboxylic acids is 3. The summed E-state index contributed by atoms with van der Waals surface area (Å²) in [6.07, 6.45) is 6.69. The van der Waals surface area contributed by atoms with E-state index in [4.69, 9.17) is 4.74 Å². The molecule has 1 unspecified atom stereocenters. The van der Waals surface area contributed by atoms with Gasteiger partial charge in [0.2, 0.25) is 11.8 Å². The topological polar surface area (TPSA) is 99.2 Å². The summed E-state index contributed by atoms with van der Waals surface area (Å²) in [7, 11) is 0. The summed E-state index contributed by atoms with van der Waals surface area (Å²) >= 11 is 0. The Morgan fingerprint density at radius 2 is 1.85 bits per heavy atom. The first-order valence-corrected chi connectivity index (χ1v) is 12.2. The van der Waals surface area contributed by atoms with Gasteiger partial charge in [-0.15, -0.1) is 0 Å². The van der Waals surface area contributed by atoms with E-state index in [0.29, 0.717) is 24.6 Å². The zero-order chi connectivity index (χ0) is 23.2. The maximum Gasteiger partial charge on any atom is 0.255 e. The lowest BCUT2D eigenvalue weighted by Gasteiger charge is -2.44. The molecular formula is C25H33N3O5. The van der Waals surface area contributed by atoms with Gasteiger partial charge in [0.1, 0.15) is 17.9 Å². The monoisotopic (exact) mass is 455 g/mol. The van der Waals surface area contributed by atoms with E-state index < -0.39 is 17.6 Å². The Labute approximate surface area is 194 Å². The molecule has 0 aromatic heterocycles. The number of likely N-dealkylation sites (tertiary alicyclic amines) is 1. The van der Waals surface area contributed by atoms with Crippen LogP contribution in [0.25, 0.3) is 0 Å². The summed E-state index contributed by atoms with van der Waals surface area (Å²) in [5.74, 6) is -0.0839. The standard InChI is InChI=1S/C25H33N3O5/c1-25(32)10-12-27(13-11-25)19-4-2-3-5-21(19)33-17-6-7-18-16(14-17)15-28(24(18)31)20-8-9-22(29)26-23(20)30/h6-7,14,19-21,32H,2-5,8-13,15H2,1H3,(H,26,29,30)/t19-,20?,21-/m0/s1. The number of benzene rings is 1.